The number of anilines is 1. The van der Waals surface area contributed by atoms with Gasteiger partial charge in [0.2, 0.25) is 0 Å². The second-order valence-electron chi connectivity index (χ2n) is 5.93. The van der Waals surface area contributed by atoms with Crippen LogP contribution in [0.4, 0.5) is 5.69 Å². The Morgan fingerprint density at radius 1 is 1.12 bits per heavy atom. The Balaban J connectivity index is 1.65. The van der Waals surface area contributed by atoms with Gasteiger partial charge in [0, 0.05) is 31.0 Å². The van der Waals surface area contributed by atoms with Gasteiger partial charge in [-0.2, -0.15) is 5.10 Å². The second-order valence-corrected chi connectivity index (χ2v) is 6.31. The molecule has 1 heterocycles. The minimum absolute atomic E-state index is 0.701. The SMILES string of the molecule is CCc1ccccc1NC(=S)N(C)Cc1cnn(-c2ccccc2)c1. The van der Waals surface area contributed by atoms with E-state index in [2.05, 4.69) is 35.5 Å². The smallest absolute Gasteiger partial charge is 0.173 e. The fourth-order valence-corrected chi connectivity index (χ4v) is 2.85. The van der Waals surface area contributed by atoms with Crippen molar-refractivity contribution in [3.05, 3.63) is 78.1 Å². The normalized spacial score (nSPS) is 10.5. The largest absolute Gasteiger partial charge is 0.348 e. The van der Waals surface area contributed by atoms with E-state index in [1.54, 1.807) is 0 Å². The van der Waals surface area contributed by atoms with Crippen LogP contribution in [-0.2, 0) is 13.0 Å². The van der Waals surface area contributed by atoms with Crippen LogP contribution in [-0.4, -0.2) is 26.8 Å². The van der Waals surface area contributed by atoms with Gasteiger partial charge in [-0.1, -0.05) is 43.3 Å². The number of para-hydroxylation sites is 2. The van der Waals surface area contributed by atoms with Crippen LogP contribution < -0.4 is 5.32 Å². The Hall–Kier alpha value is -2.66. The summed E-state index contributed by atoms with van der Waals surface area (Å²) in [5.41, 5.74) is 4.49. The van der Waals surface area contributed by atoms with Crippen molar-refractivity contribution in [2.75, 3.05) is 12.4 Å². The Morgan fingerprint density at radius 3 is 2.60 bits per heavy atom. The van der Waals surface area contributed by atoms with Gasteiger partial charge in [-0.05, 0) is 42.4 Å². The number of hydrogen-bond donors (Lipinski definition) is 1. The number of thiocarbonyl (C=S) groups is 1. The molecule has 0 fully saturated rings. The van der Waals surface area contributed by atoms with Gasteiger partial charge in [0.15, 0.2) is 5.11 Å². The predicted octanol–water partition coefficient (Wildman–Crippen LogP) is 4.26. The summed E-state index contributed by atoms with van der Waals surface area (Å²) in [5.74, 6) is 0. The van der Waals surface area contributed by atoms with Crippen molar-refractivity contribution in [3.63, 3.8) is 0 Å². The first kappa shape index (κ1) is 17.2. The number of nitrogens with one attached hydrogen (secondary N) is 1. The summed E-state index contributed by atoms with van der Waals surface area (Å²) in [7, 11) is 1.99. The molecule has 1 aromatic heterocycles. The molecule has 1 N–H and O–H groups in total. The maximum absolute atomic E-state index is 5.55. The van der Waals surface area contributed by atoms with Gasteiger partial charge in [-0.15, -0.1) is 0 Å². The number of benzene rings is 2. The number of hydrogen-bond acceptors (Lipinski definition) is 2. The summed E-state index contributed by atoms with van der Waals surface area (Å²) in [6, 6.07) is 18.3. The first-order chi connectivity index (χ1) is 12.2. The zero-order valence-corrected chi connectivity index (χ0v) is 15.3. The van der Waals surface area contributed by atoms with Crippen molar-refractivity contribution in [1.29, 1.82) is 0 Å². The summed E-state index contributed by atoms with van der Waals surface area (Å²) < 4.78 is 1.88. The van der Waals surface area contributed by atoms with E-state index in [4.69, 9.17) is 12.2 Å². The lowest BCUT2D eigenvalue weighted by Crippen LogP contribution is -2.30. The summed E-state index contributed by atoms with van der Waals surface area (Å²) >= 11 is 5.55. The zero-order valence-electron chi connectivity index (χ0n) is 14.5. The molecule has 5 heteroatoms. The molecule has 3 aromatic rings. The van der Waals surface area contributed by atoms with Crippen LogP contribution in [0.25, 0.3) is 5.69 Å². The quantitative estimate of drug-likeness (QED) is 0.697. The van der Waals surface area contributed by atoms with Crippen LogP contribution in [0.5, 0.6) is 0 Å². The van der Waals surface area contributed by atoms with Crippen LogP contribution in [0.2, 0.25) is 0 Å². The van der Waals surface area contributed by atoms with E-state index in [1.807, 2.05) is 65.4 Å². The Kier molecular flexibility index (Phi) is 5.46. The third kappa shape index (κ3) is 4.25. The first-order valence-corrected chi connectivity index (χ1v) is 8.77. The van der Waals surface area contributed by atoms with Gasteiger partial charge < -0.3 is 10.2 Å². The van der Waals surface area contributed by atoms with Crippen molar-refractivity contribution in [2.45, 2.75) is 19.9 Å². The molecule has 25 heavy (non-hydrogen) atoms. The van der Waals surface area contributed by atoms with E-state index in [1.165, 1.54) is 5.56 Å². The molecule has 0 bridgehead atoms. The Labute approximate surface area is 154 Å². The monoisotopic (exact) mass is 350 g/mol. The van der Waals surface area contributed by atoms with Crippen LogP contribution in [0.1, 0.15) is 18.1 Å². The lowest BCUT2D eigenvalue weighted by molar-refractivity contribution is 0.508. The Morgan fingerprint density at radius 2 is 1.84 bits per heavy atom. The topological polar surface area (TPSA) is 33.1 Å². The standard InChI is InChI=1S/C20H22N4S/c1-3-17-9-7-8-12-19(17)22-20(25)23(2)14-16-13-21-24(15-16)18-10-5-4-6-11-18/h4-13,15H,3,14H2,1-2H3,(H,22,25). The highest BCUT2D eigenvalue weighted by Crippen LogP contribution is 2.16. The molecular formula is C20H22N4S. The minimum atomic E-state index is 0.701. The van der Waals surface area contributed by atoms with E-state index < -0.39 is 0 Å². The molecule has 0 aliphatic heterocycles. The summed E-state index contributed by atoms with van der Waals surface area (Å²) in [5, 5.41) is 8.49. The first-order valence-electron chi connectivity index (χ1n) is 8.36. The van der Waals surface area contributed by atoms with Gasteiger partial charge in [0.05, 0.1) is 11.9 Å². The molecular weight excluding hydrogens is 328 g/mol. The van der Waals surface area contributed by atoms with Gasteiger partial charge in [0.25, 0.3) is 0 Å². The van der Waals surface area contributed by atoms with Crippen LogP contribution in [0.15, 0.2) is 67.0 Å². The summed E-state index contributed by atoms with van der Waals surface area (Å²) in [6.45, 7) is 2.85. The zero-order chi connectivity index (χ0) is 17.6. The van der Waals surface area contributed by atoms with Crippen molar-refractivity contribution in [1.82, 2.24) is 14.7 Å². The van der Waals surface area contributed by atoms with Crippen molar-refractivity contribution < 1.29 is 0 Å². The van der Waals surface area contributed by atoms with E-state index >= 15 is 0 Å². The number of aryl methyl sites for hydroxylation is 1. The third-order valence-electron chi connectivity index (χ3n) is 4.06. The van der Waals surface area contributed by atoms with Crippen LogP contribution in [0, 0.1) is 0 Å². The molecule has 0 unspecified atom stereocenters. The molecule has 2 aromatic carbocycles. The highest BCUT2D eigenvalue weighted by molar-refractivity contribution is 7.80. The van der Waals surface area contributed by atoms with E-state index in [0.29, 0.717) is 11.7 Å². The third-order valence-corrected chi connectivity index (χ3v) is 4.48. The highest BCUT2D eigenvalue weighted by Gasteiger charge is 2.09. The molecule has 0 spiro atoms. The number of aromatic nitrogens is 2. The molecule has 0 atom stereocenters. The predicted molar refractivity (Wildman–Crippen MR) is 107 cm³/mol. The highest BCUT2D eigenvalue weighted by atomic mass is 32.1. The molecule has 0 saturated heterocycles. The van der Waals surface area contributed by atoms with Crippen molar-refractivity contribution >= 4 is 23.0 Å². The maximum Gasteiger partial charge on any atom is 0.173 e. The fraction of sp³-hybridized carbons (Fsp3) is 0.200. The number of rotatable bonds is 5. The van der Waals surface area contributed by atoms with Crippen molar-refractivity contribution in [3.8, 4) is 5.69 Å². The summed E-state index contributed by atoms with van der Waals surface area (Å²) in [6.07, 6.45) is 4.89. The minimum Gasteiger partial charge on any atom is -0.348 e. The van der Waals surface area contributed by atoms with Gasteiger partial charge in [-0.25, -0.2) is 4.68 Å². The average Bonchev–Trinajstić information content (AvgIpc) is 3.11. The molecule has 0 radical (unpaired) electrons. The van der Waals surface area contributed by atoms with E-state index in [-0.39, 0.29) is 0 Å². The summed E-state index contributed by atoms with van der Waals surface area (Å²) in [4.78, 5) is 2.02. The van der Waals surface area contributed by atoms with Gasteiger partial charge in [-0.3, -0.25) is 0 Å². The second kappa shape index (κ2) is 7.94. The van der Waals surface area contributed by atoms with Crippen molar-refractivity contribution in [2.24, 2.45) is 0 Å². The average molecular weight is 350 g/mol. The fourth-order valence-electron chi connectivity index (χ4n) is 2.67. The molecule has 0 amide bonds. The van der Waals surface area contributed by atoms with E-state index in [9.17, 15) is 0 Å². The molecule has 0 aliphatic carbocycles. The van der Waals surface area contributed by atoms with Gasteiger partial charge in [0.1, 0.15) is 0 Å². The van der Waals surface area contributed by atoms with Gasteiger partial charge >= 0.3 is 0 Å². The van der Waals surface area contributed by atoms with Crippen LogP contribution in [0.3, 0.4) is 0 Å². The Bertz CT molecular complexity index is 842. The number of nitrogens with zero attached hydrogens (tertiary/aromatic N) is 3. The molecule has 3 rings (SSSR count). The molecule has 0 aliphatic rings. The van der Waals surface area contributed by atoms with Crippen LogP contribution >= 0.6 is 12.2 Å². The molecule has 4 nitrogen and oxygen atoms in total. The van der Waals surface area contributed by atoms with E-state index in [0.717, 1.165) is 23.4 Å². The maximum atomic E-state index is 5.55. The molecule has 128 valence electrons. The lowest BCUT2D eigenvalue weighted by Gasteiger charge is -2.21. The molecule has 0 saturated carbocycles. The lowest BCUT2D eigenvalue weighted by atomic mass is 10.1.